The van der Waals surface area contributed by atoms with E-state index in [0.717, 1.165) is 19.6 Å². The summed E-state index contributed by atoms with van der Waals surface area (Å²) in [5, 5.41) is 6.67. The second kappa shape index (κ2) is 6.82. The third kappa shape index (κ3) is 3.66. The minimum absolute atomic E-state index is 0.512. The van der Waals surface area contributed by atoms with Gasteiger partial charge in [0, 0.05) is 19.9 Å². The lowest BCUT2D eigenvalue weighted by Crippen LogP contribution is -2.28. The molecule has 0 aromatic rings. The molecular weight excluding hydrogens is 176 g/mol. The maximum absolute atomic E-state index is 5.17. The van der Waals surface area contributed by atoms with E-state index >= 15 is 0 Å². The molecule has 3 nitrogen and oxygen atoms in total. The standard InChI is InChI=1S/C11H22N2O/c1-3-4-5-8-12-13-9-6-7-11(13)10-14-2/h8,11H,3-7,9-10H2,1-2H3/b12-8+/t11-/m0/s1. The summed E-state index contributed by atoms with van der Waals surface area (Å²) in [5.74, 6) is 0. The van der Waals surface area contributed by atoms with Crippen LogP contribution in [0.2, 0.25) is 0 Å². The van der Waals surface area contributed by atoms with Crippen LogP contribution in [0.1, 0.15) is 39.0 Å². The maximum Gasteiger partial charge on any atom is 0.0704 e. The fourth-order valence-corrected chi connectivity index (χ4v) is 1.79. The molecule has 0 aliphatic carbocycles. The fourth-order valence-electron chi connectivity index (χ4n) is 1.79. The molecule has 1 rings (SSSR count). The average molecular weight is 198 g/mol. The van der Waals surface area contributed by atoms with E-state index in [1.807, 2.05) is 0 Å². The highest BCUT2D eigenvalue weighted by Crippen LogP contribution is 2.17. The summed E-state index contributed by atoms with van der Waals surface area (Å²) >= 11 is 0. The Morgan fingerprint density at radius 3 is 3.14 bits per heavy atom. The molecule has 0 spiro atoms. The number of nitrogens with zero attached hydrogens (tertiary/aromatic N) is 2. The largest absolute Gasteiger partial charge is 0.382 e. The molecule has 0 radical (unpaired) electrons. The van der Waals surface area contributed by atoms with Crippen LogP contribution in [-0.2, 0) is 4.74 Å². The van der Waals surface area contributed by atoms with Crippen molar-refractivity contribution >= 4 is 6.21 Å². The van der Waals surface area contributed by atoms with Crippen LogP contribution in [0.5, 0.6) is 0 Å². The SMILES string of the molecule is CCCC/C=N/N1CCC[C@H]1COC. The molecule has 1 aliphatic rings. The van der Waals surface area contributed by atoms with E-state index in [9.17, 15) is 0 Å². The minimum atomic E-state index is 0.512. The van der Waals surface area contributed by atoms with Gasteiger partial charge in [0.2, 0.25) is 0 Å². The van der Waals surface area contributed by atoms with Crippen molar-refractivity contribution in [3.8, 4) is 0 Å². The van der Waals surface area contributed by atoms with Crippen LogP contribution in [0, 0.1) is 0 Å². The van der Waals surface area contributed by atoms with Gasteiger partial charge in [-0.25, -0.2) is 0 Å². The summed E-state index contributed by atoms with van der Waals surface area (Å²) in [5.41, 5.74) is 0. The average Bonchev–Trinajstić information content (AvgIpc) is 2.61. The van der Waals surface area contributed by atoms with E-state index in [-0.39, 0.29) is 0 Å². The van der Waals surface area contributed by atoms with Crippen molar-refractivity contribution in [2.24, 2.45) is 5.10 Å². The van der Waals surface area contributed by atoms with E-state index in [0.29, 0.717) is 6.04 Å². The Bertz CT molecular complexity index is 171. The van der Waals surface area contributed by atoms with Gasteiger partial charge in [0.1, 0.15) is 0 Å². The molecule has 1 aliphatic heterocycles. The van der Waals surface area contributed by atoms with Gasteiger partial charge in [-0.05, 0) is 25.7 Å². The number of hydrogen-bond acceptors (Lipinski definition) is 3. The van der Waals surface area contributed by atoms with Gasteiger partial charge in [0.15, 0.2) is 0 Å². The van der Waals surface area contributed by atoms with Crippen LogP contribution in [0.4, 0.5) is 0 Å². The van der Waals surface area contributed by atoms with Crippen LogP contribution in [-0.4, -0.2) is 37.5 Å². The normalized spacial score (nSPS) is 22.4. The van der Waals surface area contributed by atoms with Gasteiger partial charge in [-0.3, -0.25) is 5.01 Å². The first-order valence-electron chi connectivity index (χ1n) is 5.66. The Balaban J connectivity index is 2.24. The van der Waals surface area contributed by atoms with Crippen LogP contribution < -0.4 is 0 Å². The zero-order valence-electron chi connectivity index (χ0n) is 9.41. The summed E-state index contributed by atoms with van der Waals surface area (Å²) < 4.78 is 5.17. The van der Waals surface area contributed by atoms with Crippen LogP contribution in [0.15, 0.2) is 5.10 Å². The van der Waals surface area contributed by atoms with Gasteiger partial charge in [0.05, 0.1) is 12.6 Å². The molecule has 0 amide bonds. The Hall–Kier alpha value is -0.570. The molecule has 1 atom stereocenters. The summed E-state index contributed by atoms with van der Waals surface area (Å²) in [6.45, 7) is 4.11. The summed E-state index contributed by atoms with van der Waals surface area (Å²) in [6.07, 6.45) is 8.11. The van der Waals surface area contributed by atoms with Crippen LogP contribution >= 0.6 is 0 Å². The topological polar surface area (TPSA) is 24.8 Å². The predicted molar refractivity (Wildman–Crippen MR) is 59.6 cm³/mol. The van der Waals surface area contributed by atoms with Gasteiger partial charge >= 0.3 is 0 Å². The van der Waals surface area contributed by atoms with Gasteiger partial charge in [-0.15, -0.1) is 0 Å². The first-order chi connectivity index (χ1) is 6.88. The summed E-state index contributed by atoms with van der Waals surface area (Å²) in [6, 6.07) is 0.512. The molecule has 82 valence electrons. The molecule has 0 N–H and O–H groups in total. The van der Waals surface area contributed by atoms with Crippen molar-refractivity contribution in [2.45, 2.75) is 45.1 Å². The van der Waals surface area contributed by atoms with Crippen molar-refractivity contribution in [1.29, 1.82) is 0 Å². The molecule has 0 aromatic heterocycles. The number of ether oxygens (including phenoxy) is 1. The molecule has 0 unspecified atom stereocenters. The first-order valence-corrected chi connectivity index (χ1v) is 5.66. The first kappa shape index (κ1) is 11.5. The molecule has 0 aromatic carbocycles. The molecule has 0 saturated carbocycles. The quantitative estimate of drug-likeness (QED) is 0.483. The zero-order chi connectivity index (χ0) is 10.2. The number of rotatable bonds is 6. The summed E-state index contributed by atoms with van der Waals surface area (Å²) in [7, 11) is 1.76. The third-order valence-corrected chi connectivity index (χ3v) is 2.62. The van der Waals surface area contributed by atoms with Gasteiger partial charge in [-0.2, -0.15) is 5.10 Å². The monoisotopic (exact) mass is 198 g/mol. The Labute approximate surface area is 87.1 Å². The Morgan fingerprint density at radius 2 is 2.43 bits per heavy atom. The van der Waals surface area contributed by atoms with Crippen molar-refractivity contribution in [3.63, 3.8) is 0 Å². The molecule has 1 fully saturated rings. The molecule has 1 heterocycles. The van der Waals surface area contributed by atoms with E-state index in [1.165, 1.54) is 25.7 Å². The van der Waals surface area contributed by atoms with E-state index in [1.54, 1.807) is 7.11 Å². The lowest BCUT2D eigenvalue weighted by molar-refractivity contribution is 0.118. The highest BCUT2D eigenvalue weighted by molar-refractivity contribution is 5.56. The van der Waals surface area contributed by atoms with Crippen LogP contribution in [0.3, 0.4) is 0 Å². The highest BCUT2D eigenvalue weighted by Gasteiger charge is 2.22. The molecular formula is C11H22N2O. The second-order valence-electron chi connectivity index (χ2n) is 3.85. The highest BCUT2D eigenvalue weighted by atomic mass is 16.5. The van der Waals surface area contributed by atoms with Gasteiger partial charge < -0.3 is 4.74 Å². The number of unbranched alkanes of at least 4 members (excludes halogenated alkanes) is 2. The molecule has 14 heavy (non-hydrogen) atoms. The Kier molecular flexibility index (Phi) is 5.60. The molecule has 3 heteroatoms. The van der Waals surface area contributed by atoms with E-state index in [4.69, 9.17) is 4.74 Å². The van der Waals surface area contributed by atoms with Gasteiger partial charge in [0.25, 0.3) is 0 Å². The summed E-state index contributed by atoms with van der Waals surface area (Å²) in [4.78, 5) is 0. The van der Waals surface area contributed by atoms with Crippen LogP contribution in [0.25, 0.3) is 0 Å². The third-order valence-electron chi connectivity index (χ3n) is 2.62. The molecule has 1 saturated heterocycles. The minimum Gasteiger partial charge on any atom is -0.382 e. The van der Waals surface area contributed by atoms with Crippen molar-refractivity contribution < 1.29 is 4.74 Å². The Morgan fingerprint density at radius 1 is 1.57 bits per heavy atom. The number of hydrazone groups is 1. The smallest absolute Gasteiger partial charge is 0.0704 e. The molecule has 0 bridgehead atoms. The van der Waals surface area contributed by atoms with E-state index in [2.05, 4.69) is 23.2 Å². The fraction of sp³-hybridized carbons (Fsp3) is 0.909. The van der Waals surface area contributed by atoms with Crippen molar-refractivity contribution in [1.82, 2.24) is 5.01 Å². The van der Waals surface area contributed by atoms with Crippen molar-refractivity contribution in [2.75, 3.05) is 20.3 Å². The van der Waals surface area contributed by atoms with Gasteiger partial charge in [-0.1, -0.05) is 13.3 Å². The number of methoxy groups -OCH3 is 1. The maximum atomic E-state index is 5.17. The van der Waals surface area contributed by atoms with Crippen molar-refractivity contribution in [3.05, 3.63) is 0 Å². The predicted octanol–water partition coefficient (Wildman–Crippen LogP) is 2.27. The number of hydrogen-bond donors (Lipinski definition) is 0. The lowest BCUT2D eigenvalue weighted by Gasteiger charge is -2.20. The van der Waals surface area contributed by atoms with E-state index < -0.39 is 0 Å². The lowest BCUT2D eigenvalue weighted by atomic mass is 10.2. The zero-order valence-corrected chi connectivity index (χ0v) is 9.41. The second-order valence-corrected chi connectivity index (χ2v) is 3.85.